The molecule has 1 aliphatic rings. The number of hydrogen-bond acceptors (Lipinski definition) is 19. The average Bonchev–Trinajstić information content (AvgIpc) is 3.67. The van der Waals surface area contributed by atoms with Crippen molar-refractivity contribution < 1.29 is 68.7 Å². The van der Waals surface area contributed by atoms with Gasteiger partial charge in [0.05, 0.1) is 59.8 Å². The van der Waals surface area contributed by atoms with Crippen molar-refractivity contribution in [3.8, 4) is 51.7 Å². The molecule has 0 unspecified atom stereocenters. The van der Waals surface area contributed by atoms with Crippen LogP contribution in [0.3, 0.4) is 0 Å². The van der Waals surface area contributed by atoms with Gasteiger partial charge in [0.1, 0.15) is 51.7 Å². The zero-order chi connectivity index (χ0) is 64.5. The number of amides is 2. The molecule has 462 valence electrons. The van der Waals surface area contributed by atoms with Crippen LogP contribution in [0.2, 0.25) is 10.0 Å². The van der Waals surface area contributed by atoms with Crippen LogP contribution in [0.15, 0.2) is 158 Å². The molecule has 21 N–H and O–H groups in total. The number of para-hydroxylation sites is 4. The first kappa shape index (κ1) is 72.3. The molecule has 0 bridgehead atoms. The lowest BCUT2D eigenvalue weighted by Crippen LogP contribution is -2.09. The Morgan fingerprint density at radius 3 is 1.51 bits per heavy atom. The molecule has 25 heteroatoms. The summed E-state index contributed by atoms with van der Waals surface area (Å²) in [4.78, 5) is 21.2. The number of ether oxygens (including phenoxy) is 1. The maximum Gasteiger partial charge on any atom is 0.229 e. The topological polar surface area (TPSA) is 412 Å². The summed E-state index contributed by atoms with van der Waals surface area (Å²) in [6.45, 7) is 5.21. The van der Waals surface area contributed by atoms with E-state index in [4.69, 9.17) is 76.4 Å². The van der Waals surface area contributed by atoms with Gasteiger partial charge in [0.25, 0.3) is 0 Å². The number of aliphatic hydroxyl groups excluding tert-OH is 1. The number of aryl methyl sites for hydroxylation is 2. The summed E-state index contributed by atoms with van der Waals surface area (Å²) in [5, 5.41) is 90.1. The number of fused-ring (bicyclic) bond motifs is 1. The molecule has 0 atom stereocenters. The number of benzene rings is 8. The van der Waals surface area contributed by atoms with E-state index in [1.807, 2.05) is 25.1 Å². The van der Waals surface area contributed by atoms with Gasteiger partial charge < -0.3 is 89.6 Å². The Kier molecular flexibility index (Phi) is 31.4. The monoisotopic (exact) mass is 1240 g/mol. The molecule has 22 nitrogen and oxygen atoms in total. The van der Waals surface area contributed by atoms with E-state index in [0.29, 0.717) is 62.2 Å². The third-order valence-corrected chi connectivity index (χ3v) is 12.0. The largest absolute Gasteiger partial charge is 0.508 e. The third-order valence-electron chi connectivity index (χ3n) is 10.9. The fourth-order valence-electron chi connectivity index (χ4n) is 6.82. The van der Waals surface area contributed by atoms with Crippen molar-refractivity contribution in [2.24, 2.45) is 0 Å². The van der Waals surface area contributed by atoms with Crippen molar-refractivity contribution in [3.05, 3.63) is 184 Å². The smallest absolute Gasteiger partial charge is 0.229 e. The number of aliphatic hydroxyl groups is 1. The summed E-state index contributed by atoms with van der Waals surface area (Å²) >= 11 is 11.2. The molecule has 86 heavy (non-hydrogen) atoms. The molecular formula is C61H74Cl2N8O14S. The van der Waals surface area contributed by atoms with Gasteiger partial charge in [-0.15, -0.1) is 0 Å². The number of carbonyl (C=O) groups is 2. The van der Waals surface area contributed by atoms with E-state index in [2.05, 4.69) is 26.7 Å². The van der Waals surface area contributed by atoms with Crippen molar-refractivity contribution in [2.75, 3.05) is 70.1 Å². The van der Waals surface area contributed by atoms with Crippen LogP contribution in [-0.2, 0) is 32.5 Å². The number of nitrogens with one attached hydrogen (secondary N) is 4. The van der Waals surface area contributed by atoms with E-state index >= 15 is 0 Å². The number of nitrogens with two attached hydrogens (primary N) is 4. The van der Waals surface area contributed by atoms with E-state index in [1.54, 1.807) is 78.9 Å². The van der Waals surface area contributed by atoms with E-state index in [-0.39, 0.29) is 70.0 Å². The standard InChI is InChI=1S/C10H12O.C8H8ClNO2.C8H10N2O2.C8H11NO4S.C8H11NO2.C7H9NO.C6H6ClNO.C6H7NO/c11-10-7-3-5-8-4-1-2-6-9(8)10;1-5(11)10-7-4-6(9)2-3-8(7)12;1-5(11)10-6-2-3-8(12)7(9)4-6;1-13-6-3-4-8(10)7(5-6)9-14(2,11)12;10-6-5-9-7-3-1-2-4-8(7)11;1-5-2-3-7(9)6(8)4-5;7-4-1-2-6(9)5(8)3-4;7-5-3-1-2-4-6(5)8/h3,5,7,11H,1-2,4,6H2;2-4,12H,1H3,(H,10,11);2-4,12H,9H2,1H3,(H,10,11);3-5,9-10H,1-2H3;1-4,9-11H,5-6H2;2-4,9H,8H2,1H3;1-3,9H,8H2;1-4,8H,7H2. The number of sulfonamides is 1. The predicted octanol–water partition coefficient (Wildman–Crippen LogP) is 10.7. The number of hydrogen-bond donors (Lipinski definition) is 17. The quantitative estimate of drug-likeness (QED) is 0.0382. The van der Waals surface area contributed by atoms with E-state index in [0.717, 1.165) is 24.7 Å². The highest BCUT2D eigenvalue weighted by Crippen LogP contribution is 2.31. The molecule has 8 aromatic rings. The lowest BCUT2D eigenvalue weighted by molar-refractivity contribution is -0.115. The molecule has 0 heterocycles. The minimum absolute atomic E-state index is 0.00889. The van der Waals surface area contributed by atoms with Gasteiger partial charge in [-0.1, -0.05) is 65.7 Å². The highest BCUT2D eigenvalue weighted by molar-refractivity contribution is 7.92. The number of phenols is 8. The first-order valence-electron chi connectivity index (χ1n) is 25.8. The molecule has 0 fully saturated rings. The van der Waals surface area contributed by atoms with Gasteiger partial charge in [-0.25, -0.2) is 8.42 Å². The van der Waals surface area contributed by atoms with Crippen LogP contribution in [0.25, 0.3) is 0 Å². The van der Waals surface area contributed by atoms with Crippen LogP contribution in [0.5, 0.6) is 51.7 Å². The zero-order valence-corrected chi connectivity index (χ0v) is 50.1. The van der Waals surface area contributed by atoms with Gasteiger partial charge in [0.15, 0.2) is 0 Å². The number of halogens is 2. The lowest BCUT2D eigenvalue weighted by atomic mass is 9.91. The Hall–Kier alpha value is -9.81. The van der Waals surface area contributed by atoms with Crippen LogP contribution in [0, 0.1) is 6.92 Å². The van der Waals surface area contributed by atoms with E-state index < -0.39 is 10.0 Å². The van der Waals surface area contributed by atoms with Crippen LogP contribution in [0.4, 0.5) is 45.5 Å². The first-order chi connectivity index (χ1) is 40.5. The summed E-state index contributed by atoms with van der Waals surface area (Å²) in [5.74, 6) is 1.01. The number of phenolic OH excluding ortho intramolecular Hbond substituents is 8. The molecule has 0 saturated carbocycles. The summed E-state index contributed by atoms with van der Waals surface area (Å²) in [6.07, 6.45) is 5.71. The maximum atomic E-state index is 10.9. The number of methoxy groups -OCH3 is 1. The van der Waals surface area contributed by atoms with Gasteiger partial charge in [-0.2, -0.15) is 0 Å². The Balaban J connectivity index is 0.000000337. The zero-order valence-electron chi connectivity index (χ0n) is 47.8. The van der Waals surface area contributed by atoms with Crippen LogP contribution in [-0.4, -0.2) is 92.7 Å². The Labute approximate surface area is 509 Å². The number of rotatable bonds is 8. The van der Waals surface area contributed by atoms with Gasteiger partial charge >= 0.3 is 0 Å². The molecule has 1 aliphatic carbocycles. The number of carbonyl (C=O) groups excluding carboxylic acids is 2. The molecule has 2 amide bonds. The lowest BCUT2D eigenvalue weighted by Gasteiger charge is -2.15. The first-order valence-corrected chi connectivity index (χ1v) is 28.4. The normalized spacial score (nSPS) is 10.5. The molecule has 0 spiro atoms. The summed E-state index contributed by atoms with van der Waals surface area (Å²) in [6, 6.07) is 42.4. The van der Waals surface area contributed by atoms with E-state index in [9.17, 15) is 38.4 Å². The molecule has 9 rings (SSSR count). The number of anilines is 8. The Morgan fingerprint density at radius 2 is 1.01 bits per heavy atom. The van der Waals surface area contributed by atoms with Crippen molar-refractivity contribution in [3.63, 3.8) is 0 Å². The summed E-state index contributed by atoms with van der Waals surface area (Å²) in [5.41, 5.74) is 28.0. The Bertz CT molecular complexity index is 3480. The van der Waals surface area contributed by atoms with Gasteiger partial charge in [-0.05, 0) is 158 Å². The van der Waals surface area contributed by atoms with Crippen molar-refractivity contribution in [1.82, 2.24) is 0 Å². The number of nitrogen functional groups attached to an aromatic ring is 4. The minimum atomic E-state index is -3.39. The summed E-state index contributed by atoms with van der Waals surface area (Å²) < 4.78 is 28.8. The predicted molar refractivity (Wildman–Crippen MR) is 343 cm³/mol. The second kappa shape index (κ2) is 37.4. The highest BCUT2D eigenvalue weighted by atomic mass is 35.5. The Morgan fingerprint density at radius 1 is 0.523 bits per heavy atom. The molecule has 8 aromatic carbocycles. The molecule has 0 radical (unpaired) electrons. The number of aromatic hydroxyl groups is 8. The second-order valence-electron chi connectivity index (χ2n) is 18.2. The van der Waals surface area contributed by atoms with Gasteiger partial charge in [-0.3, -0.25) is 14.3 Å². The van der Waals surface area contributed by atoms with Crippen molar-refractivity contribution in [2.45, 2.75) is 46.5 Å². The van der Waals surface area contributed by atoms with Crippen LogP contribution in [0.1, 0.15) is 43.4 Å². The van der Waals surface area contributed by atoms with Crippen molar-refractivity contribution in [1.29, 1.82) is 0 Å². The van der Waals surface area contributed by atoms with Crippen LogP contribution < -0.4 is 48.3 Å². The second-order valence-corrected chi connectivity index (χ2v) is 20.8. The fraction of sp³-hybridized carbons (Fsp3) is 0.180. The minimum Gasteiger partial charge on any atom is -0.508 e. The van der Waals surface area contributed by atoms with Crippen LogP contribution >= 0.6 is 23.2 Å². The summed E-state index contributed by atoms with van der Waals surface area (Å²) in [7, 11) is -1.94. The third kappa shape index (κ3) is 28.9. The molecule has 0 aliphatic heterocycles. The highest BCUT2D eigenvalue weighted by Gasteiger charge is 2.12. The fourth-order valence-corrected chi connectivity index (χ4v) is 7.73. The molecular weight excluding hydrogens is 1170 g/mol. The molecule has 0 aromatic heterocycles. The SMILES string of the molecule is CC(=O)Nc1cc(Cl)ccc1O.CC(=O)Nc1ccc(O)c(N)c1.COc1ccc(O)c(NS(C)(=O)=O)c1.Cc1ccc(O)c(N)c1.Nc1cc(Cl)ccc1O.Nc1ccccc1O.OCCNc1ccccc1O.Oc1cccc2c1CCCC2. The van der Waals surface area contributed by atoms with Crippen molar-refractivity contribution >= 4 is 90.5 Å². The molecule has 0 saturated heterocycles. The van der Waals surface area contributed by atoms with E-state index in [1.165, 1.54) is 99.5 Å². The van der Waals surface area contributed by atoms with Gasteiger partial charge in [0, 0.05) is 42.2 Å². The van der Waals surface area contributed by atoms with Gasteiger partial charge in [0.2, 0.25) is 21.8 Å². The average molecular weight is 1250 g/mol. The maximum absolute atomic E-state index is 10.9.